The minimum atomic E-state index is -0.329. The molecule has 0 bridgehead atoms. The predicted molar refractivity (Wildman–Crippen MR) is 71.0 cm³/mol. The number of benzene rings is 1. The number of aliphatic hydroxyl groups is 1. The van der Waals surface area contributed by atoms with E-state index < -0.39 is 0 Å². The van der Waals surface area contributed by atoms with Gasteiger partial charge in [-0.15, -0.1) is 0 Å². The summed E-state index contributed by atoms with van der Waals surface area (Å²) in [5.41, 5.74) is 7.64. The van der Waals surface area contributed by atoms with E-state index in [2.05, 4.69) is 11.8 Å². The maximum Gasteiger partial charge on any atom is 0.123 e. The second-order valence-corrected chi connectivity index (χ2v) is 5.27. The van der Waals surface area contributed by atoms with Gasteiger partial charge in [0.2, 0.25) is 0 Å². The van der Waals surface area contributed by atoms with Crippen LogP contribution in [0.2, 0.25) is 0 Å². The topological polar surface area (TPSA) is 49.5 Å². The third-order valence-electron chi connectivity index (χ3n) is 3.74. The smallest absolute Gasteiger partial charge is 0.123 e. The van der Waals surface area contributed by atoms with Crippen molar-refractivity contribution in [2.75, 3.05) is 18.0 Å². The minimum Gasteiger partial charge on any atom is -0.391 e. The first-order chi connectivity index (χ1) is 8.49. The van der Waals surface area contributed by atoms with Crippen molar-refractivity contribution in [1.29, 1.82) is 0 Å². The molecule has 18 heavy (non-hydrogen) atoms. The van der Waals surface area contributed by atoms with Gasteiger partial charge in [-0.25, -0.2) is 4.39 Å². The second-order valence-electron chi connectivity index (χ2n) is 5.27. The summed E-state index contributed by atoms with van der Waals surface area (Å²) in [7, 11) is 0. The van der Waals surface area contributed by atoms with Crippen molar-refractivity contribution in [3.8, 4) is 0 Å². The van der Waals surface area contributed by atoms with Crippen LogP contribution in [-0.2, 0) is 0 Å². The van der Waals surface area contributed by atoms with Gasteiger partial charge in [-0.3, -0.25) is 0 Å². The Morgan fingerprint density at radius 3 is 2.83 bits per heavy atom. The van der Waals surface area contributed by atoms with Crippen molar-refractivity contribution in [2.24, 2.45) is 11.7 Å². The summed E-state index contributed by atoms with van der Waals surface area (Å²) in [6.07, 6.45) is 0.612. The molecule has 1 aliphatic heterocycles. The Morgan fingerprint density at radius 1 is 1.50 bits per heavy atom. The number of halogens is 1. The maximum absolute atomic E-state index is 13.3. The summed E-state index contributed by atoms with van der Waals surface area (Å²) in [6, 6.07) is 4.49. The maximum atomic E-state index is 13.3. The Labute approximate surface area is 107 Å². The van der Waals surface area contributed by atoms with E-state index in [0.717, 1.165) is 24.2 Å². The van der Waals surface area contributed by atoms with E-state index in [1.165, 1.54) is 12.1 Å². The van der Waals surface area contributed by atoms with Gasteiger partial charge < -0.3 is 15.7 Å². The molecule has 1 aliphatic rings. The molecule has 1 aromatic carbocycles. The summed E-state index contributed by atoms with van der Waals surface area (Å²) in [5, 5.41) is 9.95. The lowest BCUT2D eigenvalue weighted by Gasteiger charge is -2.37. The molecule has 2 rings (SSSR count). The average molecular weight is 252 g/mol. The second kappa shape index (κ2) is 5.24. The lowest BCUT2D eigenvalue weighted by Crippen LogP contribution is -2.43. The zero-order valence-electron chi connectivity index (χ0n) is 10.9. The number of nitrogens with zero attached hydrogens (tertiary/aromatic N) is 1. The molecule has 100 valence electrons. The molecule has 3 unspecified atom stereocenters. The van der Waals surface area contributed by atoms with Gasteiger partial charge in [0.1, 0.15) is 5.82 Å². The van der Waals surface area contributed by atoms with Crippen LogP contribution in [0.5, 0.6) is 0 Å². The molecule has 0 spiro atoms. The molecular weight excluding hydrogens is 231 g/mol. The van der Waals surface area contributed by atoms with Crippen LogP contribution < -0.4 is 10.6 Å². The van der Waals surface area contributed by atoms with Gasteiger partial charge >= 0.3 is 0 Å². The quantitative estimate of drug-likeness (QED) is 0.847. The van der Waals surface area contributed by atoms with Crippen LogP contribution in [0.4, 0.5) is 10.1 Å². The van der Waals surface area contributed by atoms with Crippen LogP contribution in [0.15, 0.2) is 18.2 Å². The van der Waals surface area contributed by atoms with E-state index >= 15 is 0 Å². The highest BCUT2D eigenvalue weighted by atomic mass is 19.1. The van der Waals surface area contributed by atoms with Gasteiger partial charge in [0.25, 0.3) is 0 Å². The van der Waals surface area contributed by atoms with Gasteiger partial charge in [0, 0.05) is 24.8 Å². The lowest BCUT2D eigenvalue weighted by molar-refractivity contribution is 0.103. The Bertz CT molecular complexity index is 422. The summed E-state index contributed by atoms with van der Waals surface area (Å²) in [5.74, 6) is 0.0532. The molecule has 3 nitrogen and oxygen atoms in total. The van der Waals surface area contributed by atoms with Crippen LogP contribution in [0.25, 0.3) is 0 Å². The van der Waals surface area contributed by atoms with E-state index in [1.807, 2.05) is 6.92 Å². The first kappa shape index (κ1) is 13.3. The summed E-state index contributed by atoms with van der Waals surface area (Å²) in [6.45, 7) is 5.37. The number of rotatable bonds is 2. The summed E-state index contributed by atoms with van der Waals surface area (Å²) < 4.78 is 13.3. The number of anilines is 1. The molecule has 0 saturated carbocycles. The lowest BCUT2D eigenvalue weighted by atomic mass is 9.94. The van der Waals surface area contributed by atoms with Crippen LogP contribution in [0, 0.1) is 11.7 Å². The van der Waals surface area contributed by atoms with Crippen LogP contribution in [0.3, 0.4) is 0 Å². The number of piperidine rings is 1. The Hall–Kier alpha value is -1.13. The van der Waals surface area contributed by atoms with Crippen molar-refractivity contribution in [3.63, 3.8) is 0 Å². The van der Waals surface area contributed by atoms with E-state index in [1.54, 1.807) is 6.07 Å². The highest BCUT2D eigenvalue weighted by Crippen LogP contribution is 2.29. The molecular formula is C14H21FN2O. The fourth-order valence-electron chi connectivity index (χ4n) is 2.45. The molecule has 0 aliphatic carbocycles. The van der Waals surface area contributed by atoms with Gasteiger partial charge in [-0.05, 0) is 43.0 Å². The number of hydrogen-bond acceptors (Lipinski definition) is 3. The summed E-state index contributed by atoms with van der Waals surface area (Å²) >= 11 is 0. The number of nitrogens with two attached hydrogens (primary N) is 1. The van der Waals surface area contributed by atoms with E-state index in [9.17, 15) is 9.50 Å². The number of aliphatic hydroxyl groups excluding tert-OH is 1. The highest BCUT2D eigenvalue weighted by molar-refractivity contribution is 5.55. The fourth-order valence-corrected chi connectivity index (χ4v) is 2.45. The van der Waals surface area contributed by atoms with Crippen molar-refractivity contribution in [1.82, 2.24) is 0 Å². The molecule has 3 atom stereocenters. The molecule has 4 heteroatoms. The zero-order chi connectivity index (χ0) is 13.3. The molecule has 0 radical (unpaired) electrons. The molecule has 0 amide bonds. The fraction of sp³-hybridized carbons (Fsp3) is 0.571. The Kier molecular flexibility index (Phi) is 3.88. The highest BCUT2D eigenvalue weighted by Gasteiger charge is 2.26. The molecule has 3 N–H and O–H groups in total. The molecule has 1 fully saturated rings. The monoisotopic (exact) mass is 252 g/mol. The average Bonchev–Trinajstić information content (AvgIpc) is 2.32. The zero-order valence-corrected chi connectivity index (χ0v) is 10.9. The van der Waals surface area contributed by atoms with Gasteiger partial charge in [0.15, 0.2) is 0 Å². The standard InChI is InChI=1S/C14H21FN2O/c1-9-5-6-17(8-14(9)18)13-4-3-11(15)7-12(13)10(2)16/h3-4,7,9-10,14,18H,5-6,8,16H2,1-2H3. The third-order valence-corrected chi connectivity index (χ3v) is 3.74. The molecule has 0 aromatic heterocycles. The van der Waals surface area contributed by atoms with Crippen LogP contribution in [0.1, 0.15) is 31.9 Å². The number of β-amino-alcohol motifs (C(OH)–C–C–N with tert-alkyl or cyclic N) is 1. The minimum absolute atomic E-state index is 0.216. The Morgan fingerprint density at radius 2 is 2.22 bits per heavy atom. The van der Waals surface area contributed by atoms with Gasteiger partial charge in [0.05, 0.1) is 6.10 Å². The van der Waals surface area contributed by atoms with Crippen molar-refractivity contribution < 1.29 is 9.50 Å². The first-order valence-electron chi connectivity index (χ1n) is 6.47. The number of hydrogen-bond donors (Lipinski definition) is 2. The molecule has 1 saturated heterocycles. The predicted octanol–water partition coefficient (Wildman–Crippen LogP) is 2.05. The Balaban J connectivity index is 2.28. The van der Waals surface area contributed by atoms with E-state index in [-0.39, 0.29) is 18.0 Å². The SMILES string of the molecule is CC(N)c1cc(F)ccc1N1CCC(C)C(O)C1. The first-order valence-corrected chi connectivity index (χ1v) is 6.47. The third kappa shape index (κ3) is 2.65. The van der Waals surface area contributed by atoms with Crippen molar-refractivity contribution in [2.45, 2.75) is 32.4 Å². The van der Waals surface area contributed by atoms with Crippen LogP contribution >= 0.6 is 0 Å². The van der Waals surface area contributed by atoms with Crippen molar-refractivity contribution >= 4 is 5.69 Å². The van der Waals surface area contributed by atoms with Gasteiger partial charge in [-0.1, -0.05) is 6.92 Å². The normalized spacial score (nSPS) is 26.2. The largest absolute Gasteiger partial charge is 0.391 e. The van der Waals surface area contributed by atoms with Gasteiger partial charge in [-0.2, -0.15) is 0 Å². The van der Waals surface area contributed by atoms with Crippen LogP contribution in [-0.4, -0.2) is 24.3 Å². The van der Waals surface area contributed by atoms with Crippen molar-refractivity contribution in [3.05, 3.63) is 29.6 Å². The molecule has 1 aromatic rings. The molecule has 1 heterocycles. The summed E-state index contributed by atoms with van der Waals surface area (Å²) in [4.78, 5) is 2.10. The van der Waals surface area contributed by atoms with E-state index in [0.29, 0.717) is 12.5 Å². The van der Waals surface area contributed by atoms with E-state index in [4.69, 9.17) is 5.73 Å².